The maximum absolute atomic E-state index is 13.2. The van der Waals surface area contributed by atoms with Crippen molar-refractivity contribution in [2.45, 2.75) is 33.7 Å². The van der Waals surface area contributed by atoms with Gasteiger partial charge in [-0.25, -0.2) is 0 Å². The summed E-state index contributed by atoms with van der Waals surface area (Å²) < 4.78 is 11.5. The molecular weight excluding hydrogens is 468 g/mol. The van der Waals surface area contributed by atoms with Crippen LogP contribution in [0.15, 0.2) is 48.0 Å². The number of likely N-dealkylation sites (tertiary alicyclic amines) is 1. The first-order valence-electron chi connectivity index (χ1n) is 12.0. The van der Waals surface area contributed by atoms with Crippen molar-refractivity contribution in [2.24, 2.45) is 0 Å². The average Bonchev–Trinajstić information content (AvgIpc) is 3.11. The molecule has 1 atom stereocenters. The summed E-state index contributed by atoms with van der Waals surface area (Å²) in [5.41, 5.74) is 1.12. The summed E-state index contributed by atoms with van der Waals surface area (Å²) in [5, 5.41) is 11.7. The van der Waals surface area contributed by atoms with Crippen LogP contribution < -0.4 is 9.47 Å². The van der Waals surface area contributed by atoms with Crippen LogP contribution in [-0.2, 0) is 9.59 Å². The fourth-order valence-electron chi connectivity index (χ4n) is 4.25. The van der Waals surface area contributed by atoms with Crippen molar-refractivity contribution in [3.63, 3.8) is 0 Å². The molecule has 0 aromatic heterocycles. The Balaban J connectivity index is 2.14. The van der Waals surface area contributed by atoms with E-state index in [9.17, 15) is 14.7 Å². The van der Waals surface area contributed by atoms with Crippen LogP contribution in [0.1, 0.15) is 44.9 Å². The molecule has 3 rings (SSSR count). The van der Waals surface area contributed by atoms with Gasteiger partial charge in [-0.05, 0) is 68.9 Å². The molecule has 2 aromatic rings. The molecule has 7 nitrogen and oxygen atoms in total. The molecule has 1 heterocycles. The standard InChI is InChI=1S/C27H33ClN2O5/c1-5-29(6-2)15-16-30-24(19-11-14-21(34-7-3)22(17-19)35-8-4)23(26(32)27(30)33)25(31)18-9-12-20(28)13-10-18/h9-14,17,24,31H,5-8,15-16H2,1-4H3/t24-/m1/s1. The van der Waals surface area contributed by atoms with Crippen LogP contribution in [0.3, 0.4) is 0 Å². The number of rotatable bonds is 11. The van der Waals surface area contributed by atoms with Crippen LogP contribution in [0.5, 0.6) is 11.5 Å². The topological polar surface area (TPSA) is 79.3 Å². The second kappa shape index (κ2) is 12.1. The summed E-state index contributed by atoms with van der Waals surface area (Å²) in [6.07, 6.45) is 0. The normalized spacial score (nSPS) is 17.3. The minimum absolute atomic E-state index is 0.0449. The van der Waals surface area contributed by atoms with Crippen molar-refractivity contribution in [3.05, 3.63) is 64.2 Å². The Bertz CT molecular complexity index is 1080. The molecule has 0 spiro atoms. The number of hydrogen-bond donors (Lipinski definition) is 1. The summed E-state index contributed by atoms with van der Waals surface area (Å²) in [5.74, 6) is -0.482. The summed E-state index contributed by atoms with van der Waals surface area (Å²) in [7, 11) is 0. The lowest BCUT2D eigenvalue weighted by molar-refractivity contribution is -0.140. The number of likely N-dealkylation sites (N-methyl/N-ethyl adjacent to an activating group) is 1. The van der Waals surface area contributed by atoms with Crippen molar-refractivity contribution in [3.8, 4) is 11.5 Å². The zero-order valence-corrected chi connectivity index (χ0v) is 21.5. The molecular formula is C27H33ClN2O5. The molecule has 188 valence electrons. The highest BCUT2D eigenvalue weighted by Gasteiger charge is 2.46. The number of ether oxygens (including phenoxy) is 2. The number of carbonyl (C=O) groups is 2. The summed E-state index contributed by atoms with van der Waals surface area (Å²) >= 11 is 6.00. The number of amides is 1. The first kappa shape index (κ1) is 26.6. The van der Waals surface area contributed by atoms with Crippen molar-refractivity contribution in [1.82, 2.24) is 9.80 Å². The SMILES string of the molecule is CCOc1ccc([C@@H]2C(=C(O)c3ccc(Cl)cc3)C(=O)C(=O)N2CCN(CC)CC)cc1OCC. The van der Waals surface area contributed by atoms with Crippen molar-refractivity contribution in [1.29, 1.82) is 0 Å². The Morgan fingerprint density at radius 2 is 1.60 bits per heavy atom. The Labute approximate surface area is 211 Å². The van der Waals surface area contributed by atoms with Crippen molar-refractivity contribution in [2.75, 3.05) is 39.4 Å². The zero-order chi connectivity index (χ0) is 25.5. The minimum Gasteiger partial charge on any atom is -0.507 e. The van der Waals surface area contributed by atoms with Gasteiger partial charge in [-0.1, -0.05) is 31.5 Å². The van der Waals surface area contributed by atoms with Gasteiger partial charge in [0.05, 0.1) is 24.8 Å². The van der Waals surface area contributed by atoms with Gasteiger partial charge in [0.1, 0.15) is 5.76 Å². The molecule has 8 heteroatoms. The van der Waals surface area contributed by atoms with E-state index in [0.29, 0.717) is 54.0 Å². The Morgan fingerprint density at radius 3 is 2.20 bits per heavy atom. The molecule has 0 radical (unpaired) electrons. The number of carbonyl (C=O) groups excluding carboxylic acids is 2. The van der Waals surface area contributed by atoms with Gasteiger partial charge in [-0.2, -0.15) is 0 Å². The first-order valence-corrected chi connectivity index (χ1v) is 12.4. The number of benzene rings is 2. The lowest BCUT2D eigenvalue weighted by atomic mass is 9.95. The van der Waals surface area contributed by atoms with Crippen LogP contribution in [0.4, 0.5) is 0 Å². The van der Waals surface area contributed by atoms with E-state index in [2.05, 4.69) is 18.7 Å². The third-order valence-corrected chi connectivity index (χ3v) is 6.34. The first-order chi connectivity index (χ1) is 16.9. The van der Waals surface area contributed by atoms with E-state index in [-0.39, 0.29) is 11.3 Å². The molecule has 1 aliphatic heterocycles. The van der Waals surface area contributed by atoms with Gasteiger partial charge >= 0.3 is 0 Å². The minimum atomic E-state index is -0.767. The highest BCUT2D eigenvalue weighted by molar-refractivity contribution is 6.46. The quantitative estimate of drug-likeness (QED) is 0.268. The highest BCUT2D eigenvalue weighted by Crippen LogP contribution is 2.42. The van der Waals surface area contributed by atoms with Crippen LogP contribution in [-0.4, -0.2) is 66.0 Å². The number of halogens is 1. The molecule has 35 heavy (non-hydrogen) atoms. The van der Waals surface area contributed by atoms with Gasteiger partial charge in [0.25, 0.3) is 11.7 Å². The van der Waals surface area contributed by atoms with Crippen LogP contribution in [0.2, 0.25) is 5.02 Å². The van der Waals surface area contributed by atoms with Gasteiger partial charge in [-0.15, -0.1) is 0 Å². The molecule has 0 saturated carbocycles. The van der Waals surface area contributed by atoms with E-state index in [1.165, 1.54) is 4.90 Å². The fraction of sp³-hybridized carbons (Fsp3) is 0.407. The molecule has 1 N–H and O–H groups in total. The third-order valence-electron chi connectivity index (χ3n) is 6.09. The van der Waals surface area contributed by atoms with Gasteiger partial charge < -0.3 is 24.4 Å². The Hall–Kier alpha value is -3.03. The number of hydrogen-bond acceptors (Lipinski definition) is 6. The second-order valence-electron chi connectivity index (χ2n) is 8.10. The zero-order valence-electron chi connectivity index (χ0n) is 20.7. The predicted molar refractivity (Wildman–Crippen MR) is 137 cm³/mol. The lowest BCUT2D eigenvalue weighted by Gasteiger charge is -2.28. The third kappa shape index (κ3) is 5.80. The molecule has 1 amide bonds. The molecule has 0 unspecified atom stereocenters. The van der Waals surface area contributed by atoms with E-state index in [4.69, 9.17) is 21.1 Å². The van der Waals surface area contributed by atoms with Gasteiger partial charge in [-0.3, -0.25) is 9.59 Å². The maximum atomic E-state index is 13.2. The number of ketones is 1. The average molecular weight is 501 g/mol. The lowest BCUT2D eigenvalue weighted by Crippen LogP contribution is -2.38. The largest absolute Gasteiger partial charge is 0.507 e. The molecule has 2 aromatic carbocycles. The molecule has 1 aliphatic rings. The van der Waals surface area contributed by atoms with Crippen molar-refractivity contribution < 1.29 is 24.2 Å². The summed E-state index contributed by atoms with van der Waals surface area (Å²) in [6, 6.07) is 11.1. The van der Waals surface area contributed by atoms with Gasteiger partial charge in [0.15, 0.2) is 11.5 Å². The summed E-state index contributed by atoms with van der Waals surface area (Å²) in [6.45, 7) is 11.4. The van der Waals surface area contributed by atoms with E-state index in [1.807, 2.05) is 19.9 Å². The van der Waals surface area contributed by atoms with E-state index < -0.39 is 17.7 Å². The number of nitrogens with zero attached hydrogens (tertiary/aromatic N) is 2. The number of aliphatic hydroxyl groups excluding tert-OH is 1. The Kier molecular flexibility index (Phi) is 9.18. The van der Waals surface area contributed by atoms with E-state index >= 15 is 0 Å². The molecule has 0 bridgehead atoms. The van der Waals surface area contributed by atoms with Gasteiger partial charge in [0.2, 0.25) is 0 Å². The number of Topliss-reactive ketones (excluding diaryl/α,β-unsaturated/α-hetero) is 1. The van der Waals surface area contributed by atoms with E-state index in [1.54, 1.807) is 36.4 Å². The molecule has 0 aliphatic carbocycles. The van der Waals surface area contributed by atoms with E-state index in [0.717, 1.165) is 13.1 Å². The van der Waals surface area contributed by atoms with Gasteiger partial charge in [0, 0.05) is 23.7 Å². The highest BCUT2D eigenvalue weighted by atomic mass is 35.5. The second-order valence-corrected chi connectivity index (χ2v) is 8.53. The predicted octanol–water partition coefficient (Wildman–Crippen LogP) is 4.90. The van der Waals surface area contributed by atoms with Crippen LogP contribution in [0, 0.1) is 0 Å². The fourth-order valence-corrected chi connectivity index (χ4v) is 4.37. The monoisotopic (exact) mass is 500 g/mol. The summed E-state index contributed by atoms with van der Waals surface area (Å²) in [4.78, 5) is 30.1. The number of aliphatic hydroxyl groups is 1. The Morgan fingerprint density at radius 1 is 0.971 bits per heavy atom. The van der Waals surface area contributed by atoms with Crippen LogP contribution >= 0.6 is 11.6 Å². The molecule has 1 fully saturated rings. The van der Waals surface area contributed by atoms with Crippen molar-refractivity contribution >= 4 is 29.1 Å². The molecule has 1 saturated heterocycles. The maximum Gasteiger partial charge on any atom is 0.295 e. The van der Waals surface area contributed by atoms with Crippen LogP contribution in [0.25, 0.3) is 5.76 Å². The smallest absolute Gasteiger partial charge is 0.295 e.